The molecule has 0 aliphatic rings. The molecule has 0 saturated heterocycles. The summed E-state index contributed by atoms with van der Waals surface area (Å²) in [6, 6.07) is 27.9. The first-order valence-corrected chi connectivity index (χ1v) is 12.9. The van der Waals surface area contributed by atoms with Crippen molar-refractivity contribution in [1.82, 2.24) is 5.32 Å². The van der Waals surface area contributed by atoms with Gasteiger partial charge in [-0.3, -0.25) is 9.10 Å². The number of carbonyl (C=O) groups excluding carboxylic acids is 1. The second kappa shape index (κ2) is 10.6. The molecular formula is C28H28N2O4S. The molecule has 0 aliphatic heterocycles. The summed E-state index contributed by atoms with van der Waals surface area (Å²) >= 11 is 0. The maximum absolute atomic E-state index is 14.1. The van der Waals surface area contributed by atoms with Crippen LogP contribution in [-0.2, 0) is 21.4 Å². The SMILES string of the molecule is CCC(C(=O)NCc1ccccc1)N(c1ccccc1OC)S(=O)(=O)c1ccc2ccccc2c1. The molecule has 0 aromatic heterocycles. The van der Waals surface area contributed by atoms with Crippen molar-refractivity contribution >= 4 is 32.4 Å². The molecule has 4 aromatic rings. The average molecular weight is 489 g/mol. The lowest BCUT2D eigenvalue weighted by atomic mass is 10.1. The molecule has 0 spiro atoms. The van der Waals surface area contributed by atoms with E-state index in [0.717, 1.165) is 16.3 Å². The van der Waals surface area contributed by atoms with Crippen LogP contribution in [0, 0.1) is 0 Å². The van der Waals surface area contributed by atoms with Gasteiger partial charge in [-0.2, -0.15) is 0 Å². The van der Waals surface area contributed by atoms with Gasteiger partial charge in [0.1, 0.15) is 11.8 Å². The summed E-state index contributed by atoms with van der Waals surface area (Å²) < 4.78 is 34.9. The van der Waals surface area contributed by atoms with E-state index in [1.807, 2.05) is 54.6 Å². The van der Waals surface area contributed by atoms with Gasteiger partial charge in [-0.25, -0.2) is 8.42 Å². The molecule has 0 radical (unpaired) electrons. The smallest absolute Gasteiger partial charge is 0.265 e. The Morgan fingerprint density at radius 1 is 0.886 bits per heavy atom. The minimum atomic E-state index is -4.12. The third-order valence-electron chi connectivity index (χ3n) is 5.88. The Morgan fingerprint density at radius 3 is 2.26 bits per heavy atom. The molecule has 1 amide bonds. The van der Waals surface area contributed by atoms with Gasteiger partial charge in [0, 0.05) is 6.54 Å². The number of carbonyl (C=O) groups is 1. The van der Waals surface area contributed by atoms with Gasteiger partial charge >= 0.3 is 0 Å². The van der Waals surface area contributed by atoms with Crippen LogP contribution in [0.25, 0.3) is 10.8 Å². The third kappa shape index (κ3) is 5.15. The van der Waals surface area contributed by atoms with Crippen LogP contribution in [0.1, 0.15) is 18.9 Å². The highest BCUT2D eigenvalue weighted by Crippen LogP contribution is 2.35. The highest BCUT2D eigenvalue weighted by atomic mass is 32.2. The number of amides is 1. The molecule has 1 atom stereocenters. The lowest BCUT2D eigenvalue weighted by Crippen LogP contribution is -2.49. The van der Waals surface area contributed by atoms with Crippen molar-refractivity contribution in [3.8, 4) is 5.75 Å². The second-order valence-corrected chi connectivity index (χ2v) is 9.92. The first-order chi connectivity index (χ1) is 17.0. The molecule has 4 rings (SSSR count). The fraction of sp³-hybridized carbons (Fsp3) is 0.179. The van der Waals surface area contributed by atoms with Gasteiger partial charge in [0.05, 0.1) is 17.7 Å². The van der Waals surface area contributed by atoms with E-state index in [4.69, 9.17) is 4.74 Å². The molecule has 0 bridgehead atoms. The summed E-state index contributed by atoms with van der Waals surface area (Å²) in [7, 11) is -2.64. The minimum Gasteiger partial charge on any atom is -0.495 e. The van der Waals surface area contributed by atoms with Crippen molar-refractivity contribution in [1.29, 1.82) is 0 Å². The van der Waals surface area contributed by atoms with Crippen LogP contribution in [0.4, 0.5) is 5.69 Å². The van der Waals surface area contributed by atoms with E-state index < -0.39 is 16.1 Å². The zero-order chi connectivity index (χ0) is 24.8. The Morgan fingerprint density at radius 2 is 1.54 bits per heavy atom. The van der Waals surface area contributed by atoms with Gasteiger partial charge in [0.25, 0.3) is 10.0 Å². The van der Waals surface area contributed by atoms with Crippen LogP contribution in [0.3, 0.4) is 0 Å². The lowest BCUT2D eigenvalue weighted by molar-refractivity contribution is -0.122. The van der Waals surface area contributed by atoms with E-state index in [9.17, 15) is 13.2 Å². The summed E-state index contributed by atoms with van der Waals surface area (Å²) in [5, 5.41) is 4.64. The van der Waals surface area contributed by atoms with Crippen LogP contribution >= 0.6 is 0 Å². The maximum Gasteiger partial charge on any atom is 0.265 e. The topological polar surface area (TPSA) is 75.7 Å². The molecule has 4 aromatic carbocycles. The molecular weight excluding hydrogens is 460 g/mol. The highest BCUT2D eigenvalue weighted by Gasteiger charge is 2.36. The normalized spacial score (nSPS) is 12.2. The largest absolute Gasteiger partial charge is 0.495 e. The number of rotatable bonds is 9. The van der Waals surface area contributed by atoms with E-state index in [2.05, 4.69) is 5.32 Å². The van der Waals surface area contributed by atoms with Crippen LogP contribution in [0.15, 0.2) is 102 Å². The third-order valence-corrected chi connectivity index (χ3v) is 7.70. The number of nitrogens with one attached hydrogen (secondary N) is 1. The number of hydrogen-bond donors (Lipinski definition) is 1. The fourth-order valence-electron chi connectivity index (χ4n) is 4.08. The second-order valence-electron chi connectivity index (χ2n) is 8.11. The Balaban J connectivity index is 1.78. The molecule has 1 N–H and O–H groups in total. The first-order valence-electron chi connectivity index (χ1n) is 11.4. The van der Waals surface area contributed by atoms with Crippen LogP contribution in [-0.4, -0.2) is 27.5 Å². The number of nitrogens with zero attached hydrogens (tertiary/aromatic N) is 1. The Hall–Kier alpha value is -3.84. The summed E-state index contributed by atoms with van der Waals surface area (Å²) in [5.74, 6) is -0.0159. The van der Waals surface area contributed by atoms with Crippen molar-refractivity contribution in [2.45, 2.75) is 30.8 Å². The summed E-state index contributed by atoms with van der Waals surface area (Å²) in [6.45, 7) is 2.09. The number of ether oxygens (including phenoxy) is 1. The number of hydrogen-bond acceptors (Lipinski definition) is 4. The monoisotopic (exact) mass is 488 g/mol. The highest BCUT2D eigenvalue weighted by molar-refractivity contribution is 7.93. The van der Waals surface area contributed by atoms with E-state index in [1.165, 1.54) is 11.4 Å². The Labute approximate surface area is 206 Å². The number of anilines is 1. The zero-order valence-corrected chi connectivity index (χ0v) is 20.5. The summed E-state index contributed by atoms with van der Waals surface area (Å²) in [4.78, 5) is 13.5. The molecule has 0 fully saturated rings. The molecule has 0 aliphatic carbocycles. The van der Waals surface area contributed by atoms with E-state index in [0.29, 0.717) is 18.0 Å². The summed E-state index contributed by atoms with van der Waals surface area (Å²) in [6.07, 6.45) is 0.269. The number of benzene rings is 4. The van der Waals surface area contributed by atoms with Crippen molar-refractivity contribution in [3.63, 3.8) is 0 Å². The van der Waals surface area contributed by atoms with E-state index >= 15 is 0 Å². The van der Waals surface area contributed by atoms with Gasteiger partial charge in [-0.15, -0.1) is 0 Å². The Kier molecular flexibility index (Phi) is 7.36. The van der Waals surface area contributed by atoms with Gasteiger partial charge in [-0.1, -0.05) is 79.7 Å². The van der Waals surface area contributed by atoms with Crippen molar-refractivity contribution < 1.29 is 17.9 Å². The van der Waals surface area contributed by atoms with Crippen LogP contribution in [0.5, 0.6) is 5.75 Å². The minimum absolute atomic E-state index is 0.108. The Bertz CT molecular complexity index is 1420. The standard InChI is InChI=1S/C28H28N2O4S/c1-3-25(28(31)29-20-21-11-5-4-6-12-21)30(26-15-9-10-16-27(26)34-2)35(32,33)24-18-17-22-13-7-8-14-23(22)19-24/h4-19,25H,3,20H2,1-2H3,(H,29,31). The number of sulfonamides is 1. The maximum atomic E-state index is 14.1. The van der Waals surface area contributed by atoms with Crippen molar-refractivity contribution in [3.05, 3.63) is 103 Å². The predicted octanol–water partition coefficient (Wildman–Crippen LogP) is 5.14. The molecule has 6 nitrogen and oxygen atoms in total. The van der Waals surface area contributed by atoms with Gasteiger partial charge in [0.15, 0.2) is 0 Å². The molecule has 1 unspecified atom stereocenters. The van der Waals surface area contributed by atoms with Crippen LogP contribution < -0.4 is 14.4 Å². The average Bonchev–Trinajstić information content (AvgIpc) is 2.90. The molecule has 0 saturated carbocycles. The summed E-state index contributed by atoms with van der Waals surface area (Å²) in [5.41, 5.74) is 1.24. The number of para-hydroxylation sites is 2. The number of methoxy groups -OCH3 is 1. The van der Waals surface area contributed by atoms with Gasteiger partial charge in [0.2, 0.25) is 5.91 Å². The van der Waals surface area contributed by atoms with E-state index in [1.54, 1.807) is 49.4 Å². The lowest BCUT2D eigenvalue weighted by Gasteiger charge is -2.32. The van der Waals surface area contributed by atoms with Crippen molar-refractivity contribution in [2.24, 2.45) is 0 Å². The van der Waals surface area contributed by atoms with Gasteiger partial charge in [-0.05, 0) is 47.0 Å². The molecule has 180 valence electrons. The van der Waals surface area contributed by atoms with Crippen LogP contribution in [0.2, 0.25) is 0 Å². The molecule has 0 heterocycles. The van der Waals surface area contributed by atoms with Gasteiger partial charge < -0.3 is 10.1 Å². The molecule has 35 heavy (non-hydrogen) atoms. The molecule has 7 heteroatoms. The van der Waals surface area contributed by atoms with Crippen molar-refractivity contribution in [2.75, 3.05) is 11.4 Å². The first kappa shape index (κ1) is 24.3. The van der Waals surface area contributed by atoms with E-state index in [-0.39, 0.29) is 17.2 Å². The quantitative estimate of drug-likeness (QED) is 0.354. The number of fused-ring (bicyclic) bond motifs is 1. The predicted molar refractivity (Wildman–Crippen MR) is 139 cm³/mol. The fourth-order valence-corrected chi connectivity index (χ4v) is 5.81. The zero-order valence-electron chi connectivity index (χ0n) is 19.7.